The first-order chi connectivity index (χ1) is 1.73. The predicted octanol–water partition coefficient (Wildman–Crippen LogP) is 1.47. The van der Waals surface area contributed by atoms with Gasteiger partial charge in [0.15, 0.2) is 0 Å². The monoisotopic (exact) mass is 188 g/mol. The van der Waals surface area contributed by atoms with Crippen LogP contribution in [-0.4, -0.2) is 3.12 Å². The number of carbonyl (C=O) groups excluding carboxylic acids is 1. The van der Waals surface area contributed by atoms with Crippen LogP contribution in [0.15, 0.2) is 0 Å². The lowest BCUT2D eigenvalue weighted by Crippen LogP contribution is -1.44. The summed E-state index contributed by atoms with van der Waals surface area (Å²) in [6, 6.07) is 0. The quantitative estimate of drug-likeness (QED) is 0.346. The van der Waals surface area contributed by atoms with Crippen molar-refractivity contribution in [2.75, 3.05) is 0 Å². The first kappa shape index (κ1) is 4.75. The maximum atomic E-state index is 9.30. The summed E-state index contributed by atoms with van der Waals surface area (Å²) in [5, 5.41) is 0. The minimum atomic E-state index is -0.169. The Morgan fingerprint density at radius 3 is 2.00 bits per heavy atom. The van der Waals surface area contributed by atoms with Gasteiger partial charge in [0.1, 0.15) is 0 Å². The van der Waals surface area contributed by atoms with E-state index in [1.54, 1.807) is 22.6 Å². The average Bonchev–Trinajstić information content (AvgIpc) is 0.811. The zero-order valence-corrected chi connectivity index (χ0v) is 4.79. The third kappa shape index (κ3) is 15.0. The average molecular weight is 188 g/mol. The standard InChI is InChI=1S/CHIOS/c2-1(3)4/h(H,3,4). The first-order valence-electron chi connectivity index (χ1n) is 0.617. The molecule has 0 heterocycles. The predicted molar refractivity (Wildman–Crippen MR) is 28.4 cm³/mol. The Bertz CT molecular complexity index is 31.0. The van der Waals surface area contributed by atoms with Gasteiger partial charge in [-0.1, -0.05) is 12.6 Å². The van der Waals surface area contributed by atoms with Gasteiger partial charge in [-0.15, -0.1) is 0 Å². The summed E-state index contributed by atoms with van der Waals surface area (Å²) in [4.78, 5) is 9.30. The van der Waals surface area contributed by atoms with E-state index in [9.17, 15) is 4.79 Å². The summed E-state index contributed by atoms with van der Waals surface area (Å²) in [5.41, 5.74) is 0. The SMILES string of the molecule is O=C(S)I. The Balaban J connectivity index is 2.80. The van der Waals surface area contributed by atoms with Gasteiger partial charge >= 0.3 is 0 Å². The molecule has 0 amide bonds. The minimum absolute atomic E-state index is 0.169. The molecule has 4 heavy (non-hydrogen) atoms. The molecule has 0 fully saturated rings. The third-order valence-electron chi connectivity index (χ3n) is 0. The van der Waals surface area contributed by atoms with Crippen molar-refractivity contribution in [1.82, 2.24) is 0 Å². The molecule has 0 saturated carbocycles. The topological polar surface area (TPSA) is 17.1 Å². The molecule has 0 bridgehead atoms. The van der Waals surface area contributed by atoms with Crippen LogP contribution in [0.25, 0.3) is 0 Å². The molecule has 0 saturated heterocycles. The van der Waals surface area contributed by atoms with Crippen LogP contribution in [0.5, 0.6) is 0 Å². The third-order valence-corrected chi connectivity index (χ3v) is 0. The van der Waals surface area contributed by atoms with Crippen molar-refractivity contribution in [3.8, 4) is 0 Å². The molecular weight excluding hydrogens is 187 g/mol. The highest BCUT2D eigenvalue weighted by Crippen LogP contribution is 1.89. The van der Waals surface area contributed by atoms with E-state index in [-0.39, 0.29) is 3.12 Å². The Morgan fingerprint density at radius 2 is 2.00 bits per heavy atom. The number of hydrogen-bond acceptors (Lipinski definition) is 1. The lowest BCUT2D eigenvalue weighted by atomic mass is 11.8. The van der Waals surface area contributed by atoms with Gasteiger partial charge < -0.3 is 0 Å². The van der Waals surface area contributed by atoms with Crippen LogP contribution >= 0.6 is 35.2 Å². The van der Waals surface area contributed by atoms with Crippen LogP contribution < -0.4 is 0 Å². The van der Waals surface area contributed by atoms with Gasteiger partial charge in [0, 0.05) is 22.6 Å². The van der Waals surface area contributed by atoms with E-state index in [0.29, 0.717) is 0 Å². The second-order valence-electron chi connectivity index (χ2n) is 0.253. The summed E-state index contributed by atoms with van der Waals surface area (Å²) in [5.74, 6) is 0. The van der Waals surface area contributed by atoms with E-state index in [4.69, 9.17) is 0 Å². The van der Waals surface area contributed by atoms with Crippen molar-refractivity contribution in [3.05, 3.63) is 0 Å². The molecule has 24 valence electrons. The maximum absolute atomic E-state index is 9.30. The van der Waals surface area contributed by atoms with Crippen LogP contribution in [-0.2, 0) is 0 Å². The van der Waals surface area contributed by atoms with E-state index in [0.717, 1.165) is 0 Å². The largest absolute Gasteiger partial charge is 0.275 e. The van der Waals surface area contributed by atoms with Crippen molar-refractivity contribution in [2.45, 2.75) is 0 Å². The van der Waals surface area contributed by atoms with Crippen molar-refractivity contribution in [3.63, 3.8) is 0 Å². The van der Waals surface area contributed by atoms with Crippen LogP contribution in [0.3, 0.4) is 0 Å². The lowest BCUT2D eigenvalue weighted by molar-refractivity contribution is 0.278. The fraction of sp³-hybridized carbons (Fsp3) is 0. The highest BCUT2D eigenvalue weighted by atomic mass is 127. The molecule has 0 aliphatic carbocycles. The van der Waals surface area contributed by atoms with E-state index in [2.05, 4.69) is 12.6 Å². The fourth-order valence-corrected chi connectivity index (χ4v) is 0. The fourth-order valence-electron chi connectivity index (χ4n) is 0. The van der Waals surface area contributed by atoms with Crippen LogP contribution in [0.1, 0.15) is 0 Å². The molecule has 3 heteroatoms. The lowest BCUT2D eigenvalue weighted by Gasteiger charge is -1.51. The van der Waals surface area contributed by atoms with Gasteiger partial charge in [-0.2, -0.15) is 0 Å². The van der Waals surface area contributed by atoms with Gasteiger partial charge in [-0.3, -0.25) is 4.79 Å². The molecule has 0 spiro atoms. The smallest absolute Gasteiger partial charge is 0.245 e. The number of carbonyl (C=O) groups is 1. The number of thiol groups is 1. The van der Waals surface area contributed by atoms with E-state index in [1.807, 2.05) is 0 Å². The molecular formula is CHIOS. The highest BCUT2D eigenvalue weighted by molar-refractivity contribution is 14.1. The highest BCUT2D eigenvalue weighted by Gasteiger charge is 1.67. The number of hydrogen-bond donors (Lipinski definition) is 1. The van der Waals surface area contributed by atoms with Crippen molar-refractivity contribution in [1.29, 1.82) is 0 Å². The summed E-state index contributed by atoms with van der Waals surface area (Å²) >= 11 is 4.88. The Morgan fingerprint density at radius 1 is 2.00 bits per heavy atom. The second-order valence-corrected chi connectivity index (χ2v) is 2.49. The molecule has 0 rings (SSSR count). The molecule has 0 radical (unpaired) electrons. The van der Waals surface area contributed by atoms with Crippen LogP contribution in [0.2, 0.25) is 0 Å². The molecule has 0 aromatic heterocycles. The molecule has 0 N–H and O–H groups in total. The molecule has 0 aliphatic rings. The molecule has 1 nitrogen and oxygen atoms in total. The molecule has 0 aromatic rings. The van der Waals surface area contributed by atoms with Crippen molar-refractivity contribution < 1.29 is 4.79 Å². The molecule has 0 aliphatic heterocycles. The van der Waals surface area contributed by atoms with Gasteiger partial charge in [0.2, 0.25) is 3.12 Å². The Labute approximate surface area is 43.3 Å². The molecule has 0 atom stereocenters. The second kappa shape index (κ2) is 2.02. The number of rotatable bonds is 0. The van der Waals surface area contributed by atoms with Crippen molar-refractivity contribution >= 4 is 38.3 Å². The Hall–Kier alpha value is 0.750. The Kier molecular flexibility index (Phi) is 2.39. The zero-order chi connectivity index (χ0) is 3.58. The maximum Gasteiger partial charge on any atom is 0.245 e. The van der Waals surface area contributed by atoms with Crippen LogP contribution in [0.4, 0.5) is 4.79 Å². The summed E-state index contributed by atoms with van der Waals surface area (Å²) in [6.45, 7) is 0. The zero-order valence-electron chi connectivity index (χ0n) is 1.73. The normalized spacial score (nSPS) is 6.50. The first-order valence-corrected chi connectivity index (χ1v) is 2.14. The van der Waals surface area contributed by atoms with Gasteiger partial charge in [-0.05, 0) is 0 Å². The minimum Gasteiger partial charge on any atom is -0.275 e. The number of halogens is 1. The van der Waals surface area contributed by atoms with E-state index >= 15 is 0 Å². The van der Waals surface area contributed by atoms with E-state index < -0.39 is 0 Å². The van der Waals surface area contributed by atoms with Crippen LogP contribution in [0, 0.1) is 0 Å². The molecule has 0 unspecified atom stereocenters. The van der Waals surface area contributed by atoms with E-state index in [1.165, 1.54) is 0 Å². The molecule has 0 aromatic carbocycles. The summed E-state index contributed by atoms with van der Waals surface area (Å²) < 4.78 is -0.169. The summed E-state index contributed by atoms with van der Waals surface area (Å²) in [6.07, 6.45) is 0. The van der Waals surface area contributed by atoms with Gasteiger partial charge in [0.25, 0.3) is 0 Å². The van der Waals surface area contributed by atoms with Crippen molar-refractivity contribution in [2.24, 2.45) is 0 Å². The van der Waals surface area contributed by atoms with Gasteiger partial charge in [-0.25, -0.2) is 0 Å². The van der Waals surface area contributed by atoms with Gasteiger partial charge in [0.05, 0.1) is 0 Å². The summed E-state index contributed by atoms with van der Waals surface area (Å²) in [7, 11) is 0.